The molecule has 3 aromatic rings. The molecule has 0 heterocycles. The van der Waals surface area contributed by atoms with Crippen molar-refractivity contribution in [2.24, 2.45) is 0 Å². The number of carbonyl (C=O) groups excluding carboxylic acids is 2. The Morgan fingerprint density at radius 1 is 0.933 bits per heavy atom. The van der Waals surface area contributed by atoms with Gasteiger partial charge in [-0.15, -0.1) is 0 Å². The molecule has 0 spiro atoms. The molecule has 30 heavy (non-hydrogen) atoms. The molecule has 1 N–H and O–H groups in total. The van der Waals surface area contributed by atoms with Gasteiger partial charge in [-0.05, 0) is 54.3 Å². The van der Waals surface area contributed by atoms with Gasteiger partial charge in [0.05, 0.1) is 13.0 Å². The van der Waals surface area contributed by atoms with Crippen molar-refractivity contribution in [2.75, 3.05) is 13.7 Å². The van der Waals surface area contributed by atoms with Crippen LogP contribution in [0.15, 0.2) is 66.7 Å². The lowest BCUT2D eigenvalue weighted by atomic mass is 9.98. The minimum atomic E-state index is -0.847. The van der Waals surface area contributed by atoms with E-state index in [9.17, 15) is 9.59 Å². The molecule has 156 valence electrons. The third kappa shape index (κ3) is 5.38. The van der Waals surface area contributed by atoms with Crippen LogP contribution in [0.1, 0.15) is 30.9 Å². The highest BCUT2D eigenvalue weighted by Gasteiger charge is 2.23. The Labute approximate surface area is 177 Å². The standard InChI is InChI=1S/C25H27NO4/c1-17(20-9-10-22-16-23(29-3)12-11-21(22)15-20)25(28)30-18(2)24(27)26-14-13-19-7-5-4-6-8-19/h4-12,15-18H,13-14H2,1-3H3,(H,26,27)/t17-,18+/m0/s1. The molecule has 0 fully saturated rings. The van der Waals surface area contributed by atoms with Crippen molar-refractivity contribution in [3.63, 3.8) is 0 Å². The minimum Gasteiger partial charge on any atom is -0.497 e. The summed E-state index contributed by atoms with van der Waals surface area (Å²) in [5.41, 5.74) is 1.99. The number of amides is 1. The van der Waals surface area contributed by atoms with Crippen molar-refractivity contribution in [1.82, 2.24) is 5.32 Å². The van der Waals surface area contributed by atoms with E-state index in [1.807, 2.05) is 66.7 Å². The van der Waals surface area contributed by atoms with Crippen molar-refractivity contribution in [3.8, 4) is 5.75 Å². The van der Waals surface area contributed by atoms with Crippen molar-refractivity contribution in [2.45, 2.75) is 32.3 Å². The van der Waals surface area contributed by atoms with E-state index in [1.54, 1.807) is 21.0 Å². The molecular formula is C25H27NO4. The fourth-order valence-corrected chi connectivity index (χ4v) is 3.22. The van der Waals surface area contributed by atoms with Gasteiger partial charge in [-0.2, -0.15) is 0 Å². The molecule has 0 saturated carbocycles. The molecule has 0 radical (unpaired) electrons. The second-order valence-electron chi connectivity index (χ2n) is 7.30. The second kappa shape index (κ2) is 9.92. The predicted octanol–water partition coefficient (Wildman–Crippen LogP) is 4.24. The summed E-state index contributed by atoms with van der Waals surface area (Å²) in [4.78, 5) is 24.8. The first-order chi connectivity index (χ1) is 14.5. The van der Waals surface area contributed by atoms with E-state index < -0.39 is 18.0 Å². The van der Waals surface area contributed by atoms with E-state index in [1.165, 1.54) is 0 Å². The average molecular weight is 405 g/mol. The zero-order chi connectivity index (χ0) is 21.5. The average Bonchev–Trinajstić information content (AvgIpc) is 2.78. The number of hydrogen-bond donors (Lipinski definition) is 1. The van der Waals surface area contributed by atoms with Crippen LogP contribution in [0.3, 0.4) is 0 Å². The summed E-state index contributed by atoms with van der Waals surface area (Å²) < 4.78 is 10.7. The molecule has 0 aliphatic heterocycles. The lowest BCUT2D eigenvalue weighted by Gasteiger charge is -2.17. The van der Waals surface area contributed by atoms with Gasteiger partial charge in [0, 0.05) is 6.54 Å². The molecular weight excluding hydrogens is 378 g/mol. The third-order valence-electron chi connectivity index (χ3n) is 5.14. The molecule has 3 rings (SSSR count). The molecule has 5 heteroatoms. The van der Waals surface area contributed by atoms with Crippen LogP contribution in [0.5, 0.6) is 5.75 Å². The van der Waals surface area contributed by atoms with Gasteiger partial charge < -0.3 is 14.8 Å². The predicted molar refractivity (Wildman–Crippen MR) is 118 cm³/mol. The second-order valence-corrected chi connectivity index (χ2v) is 7.30. The summed E-state index contributed by atoms with van der Waals surface area (Å²) >= 11 is 0. The number of rotatable bonds is 8. The van der Waals surface area contributed by atoms with E-state index in [0.717, 1.165) is 34.1 Å². The molecule has 0 unspecified atom stereocenters. The van der Waals surface area contributed by atoms with Crippen LogP contribution in [-0.2, 0) is 20.7 Å². The normalized spacial score (nSPS) is 12.8. The van der Waals surface area contributed by atoms with E-state index in [0.29, 0.717) is 6.54 Å². The van der Waals surface area contributed by atoms with E-state index in [4.69, 9.17) is 9.47 Å². The van der Waals surface area contributed by atoms with Gasteiger partial charge in [-0.1, -0.05) is 54.6 Å². The van der Waals surface area contributed by atoms with Gasteiger partial charge >= 0.3 is 5.97 Å². The monoisotopic (exact) mass is 405 g/mol. The van der Waals surface area contributed by atoms with E-state index >= 15 is 0 Å². The highest BCUT2D eigenvalue weighted by molar-refractivity contribution is 5.88. The number of nitrogens with one attached hydrogen (secondary N) is 1. The molecule has 0 aliphatic carbocycles. The highest BCUT2D eigenvalue weighted by atomic mass is 16.5. The fourth-order valence-electron chi connectivity index (χ4n) is 3.22. The van der Waals surface area contributed by atoms with E-state index in [-0.39, 0.29) is 5.91 Å². The first-order valence-corrected chi connectivity index (χ1v) is 10.1. The molecule has 0 aromatic heterocycles. The van der Waals surface area contributed by atoms with Gasteiger partial charge in [0.15, 0.2) is 6.10 Å². The molecule has 0 saturated heterocycles. The topological polar surface area (TPSA) is 64.6 Å². The Hall–Kier alpha value is -3.34. The van der Waals surface area contributed by atoms with Gasteiger partial charge in [0.1, 0.15) is 5.75 Å². The smallest absolute Gasteiger partial charge is 0.313 e. The molecule has 1 amide bonds. The number of carbonyl (C=O) groups is 2. The molecule has 2 atom stereocenters. The largest absolute Gasteiger partial charge is 0.497 e. The summed E-state index contributed by atoms with van der Waals surface area (Å²) in [5, 5.41) is 4.87. The Kier molecular flexibility index (Phi) is 7.07. The van der Waals surface area contributed by atoms with Crippen molar-refractivity contribution in [3.05, 3.63) is 77.9 Å². The molecule has 3 aromatic carbocycles. The fraction of sp³-hybridized carbons (Fsp3) is 0.280. The van der Waals surface area contributed by atoms with Crippen LogP contribution in [-0.4, -0.2) is 31.6 Å². The number of esters is 1. The van der Waals surface area contributed by atoms with Crippen molar-refractivity contribution < 1.29 is 19.1 Å². The number of hydrogen-bond acceptors (Lipinski definition) is 4. The maximum Gasteiger partial charge on any atom is 0.313 e. The SMILES string of the molecule is COc1ccc2cc([C@H](C)C(=O)O[C@H](C)C(=O)NCCc3ccccc3)ccc2c1. The summed E-state index contributed by atoms with van der Waals surface area (Å²) in [6, 6.07) is 21.5. The van der Waals surface area contributed by atoms with Crippen LogP contribution in [0.4, 0.5) is 0 Å². The number of fused-ring (bicyclic) bond motifs is 1. The Morgan fingerprint density at radius 3 is 2.37 bits per heavy atom. The molecule has 0 bridgehead atoms. The minimum absolute atomic E-state index is 0.294. The first-order valence-electron chi connectivity index (χ1n) is 10.1. The Balaban J connectivity index is 1.55. The van der Waals surface area contributed by atoms with E-state index in [2.05, 4.69) is 5.32 Å². The maximum atomic E-state index is 12.6. The third-order valence-corrected chi connectivity index (χ3v) is 5.14. The van der Waals surface area contributed by atoms with Crippen LogP contribution < -0.4 is 10.1 Å². The summed E-state index contributed by atoms with van der Waals surface area (Å²) in [5.74, 6) is -0.406. The van der Waals surface area contributed by atoms with Gasteiger partial charge in [-0.25, -0.2) is 0 Å². The lowest BCUT2D eigenvalue weighted by molar-refractivity contribution is -0.155. The van der Waals surface area contributed by atoms with Gasteiger partial charge in [0.2, 0.25) is 0 Å². The van der Waals surface area contributed by atoms with Crippen molar-refractivity contribution >= 4 is 22.6 Å². The Morgan fingerprint density at radius 2 is 1.63 bits per heavy atom. The van der Waals surface area contributed by atoms with Gasteiger partial charge in [-0.3, -0.25) is 9.59 Å². The van der Waals surface area contributed by atoms with Gasteiger partial charge in [0.25, 0.3) is 5.91 Å². The summed E-state index contributed by atoms with van der Waals surface area (Å²) in [6.45, 7) is 3.87. The number of methoxy groups -OCH3 is 1. The quantitative estimate of drug-likeness (QED) is 0.569. The Bertz CT molecular complexity index is 1020. The van der Waals surface area contributed by atoms with Crippen LogP contribution in [0, 0.1) is 0 Å². The molecule has 0 aliphatic rings. The number of benzene rings is 3. The van der Waals surface area contributed by atoms with Crippen LogP contribution in [0.2, 0.25) is 0 Å². The zero-order valence-corrected chi connectivity index (χ0v) is 17.6. The maximum absolute atomic E-state index is 12.6. The first kappa shape index (κ1) is 21.4. The van der Waals surface area contributed by atoms with Crippen molar-refractivity contribution in [1.29, 1.82) is 0 Å². The number of ether oxygens (including phenoxy) is 2. The lowest BCUT2D eigenvalue weighted by Crippen LogP contribution is -2.37. The summed E-state index contributed by atoms with van der Waals surface area (Å²) in [6.07, 6.45) is -0.119. The summed E-state index contributed by atoms with van der Waals surface area (Å²) in [7, 11) is 1.63. The van der Waals surface area contributed by atoms with Crippen LogP contribution in [0.25, 0.3) is 10.8 Å². The van der Waals surface area contributed by atoms with Crippen LogP contribution >= 0.6 is 0 Å². The highest BCUT2D eigenvalue weighted by Crippen LogP contribution is 2.26. The zero-order valence-electron chi connectivity index (χ0n) is 17.6. The molecule has 5 nitrogen and oxygen atoms in total.